The summed E-state index contributed by atoms with van der Waals surface area (Å²) in [4.78, 5) is 11.5. The van der Waals surface area contributed by atoms with Crippen molar-refractivity contribution in [2.45, 2.75) is 6.92 Å². The lowest BCUT2D eigenvalue weighted by atomic mass is 10.1. The van der Waals surface area contributed by atoms with Crippen molar-refractivity contribution in [3.05, 3.63) is 46.1 Å². The van der Waals surface area contributed by atoms with E-state index in [0.29, 0.717) is 5.56 Å². The summed E-state index contributed by atoms with van der Waals surface area (Å²) in [5, 5.41) is 8.63. The van der Waals surface area contributed by atoms with Crippen LogP contribution < -0.4 is 0 Å². The molecule has 0 unspecified atom stereocenters. The van der Waals surface area contributed by atoms with Crippen molar-refractivity contribution in [3.8, 4) is 0 Å². The van der Waals surface area contributed by atoms with E-state index in [1.807, 2.05) is 19.1 Å². The van der Waals surface area contributed by atoms with Crippen LogP contribution in [0.4, 0.5) is 0 Å². The molecule has 0 aliphatic carbocycles. The number of Topliss-reactive ketones (excluding diaryl/α,β-unsaturated/α-hetero) is 1. The van der Waals surface area contributed by atoms with Gasteiger partial charge in [-0.15, -0.1) is 0 Å². The average molecular weight is 241 g/mol. The number of hydrogen-bond donors (Lipinski definition) is 1. The van der Waals surface area contributed by atoms with Crippen molar-refractivity contribution in [1.82, 2.24) is 0 Å². The molecule has 1 aromatic carbocycles. The van der Waals surface area contributed by atoms with E-state index in [4.69, 9.17) is 5.11 Å². The second-order valence-corrected chi connectivity index (χ2v) is 3.48. The highest BCUT2D eigenvalue weighted by atomic mass is 79.9. The van der Waals surface area contributed by atoms with Crippen molar-refractivity contribution < 1.29 is 9.90 Å². The number of carbonyl (C=O) groups excluding carboxylic acids is 1. The Morgan fingerprint density at radius 3 is 2.62 bits per heavy atom. The Morgan fingerprint density at radius 1 is 1.46 bits per heavy atom. The van der Waals surface area contributed by atoms with E-state index < -0.39 is 0 Å². The van der Waals surface area contributed by atoms with Crippen LogP contribution in [0.1, 0.15) is 15.9 Å². The van der Waals surface area contributed by atoms with Gasteiger partial charge in [0.05, 0.1) is 10.7 Å². The van der Waals surface area contributed by atoms with Gasteiger partial charge in [-0.05, 0) is 28.4 Å². The molecule has 0 heterocycles. The molecule has 0 saturated heterocycles. The number of benzene rings is 1. The molecule has 2 nitrogen and oxygen atoms in total. The van der Waals surface area contributed by atoms with Gasteiger partial charge < -0.3 is 5.11 Å². The molecule has 0 atom stereocenters. The highest BCUT2D eigenvalue weighted by Crippen LogP contribution is 2.16. The van der Waals surface area contributed by atoms with E-state index in [-0.39, 0.29) is 10.3 Å². The molecule has 0 fully saturated rings. The number of aliphatic hydroxyl groups is 1. The van der Waals surface area contributed by atoms with E-state index in [0.717, 1.165) is 11.8 Å². The molecule has 3 heteroatoms. The Labute approximate surface area is 85.0 Å². The van der Waals surface area contributed by atoms with Gasteiger partial charge in [-0.3, -0.25) is 4.79 Å². The Balaban J connectivity index is 3.10. The number of rotatable bonds is 2. The number of carbonyl (C=O) groups is 1. The maximum Gasteiger partial charge on any atom is 0.203 e. The lowest BCUT2D eigenvalue weighted by molar-refractivity contribution is 0.104. The third kappa shape index (κ3) is 2.18. The molecule has 1 aromatic rings. The molecule has 0 aliphatic heterocycles. The fourth-order valence-corrected chi connectivity index (χ4v) is 1.23. The SMILES string of the molecule is Cc1ccccc1C(=O)C(Br)=CO. The Bertz CT molecular complexity index is 356. The minimum absolute atomic E-state index is 0.168. The maximum absolute atomic E-state index is 11.5. The van der Waals surface area contributed by atoms with E-state index in [1.165, 1.54) is 0 Å². The summed E-state index contributed by atoms with van der Waals surface area (Å²) in [6, 6.07) is 7.23. The van der Waals surface area contributed by atoms with Crippen LogP contribution in [0, 0.1) is 6.92 Å². The molecule has 1 N–H and O–H groups in total. The van der Waals surface area contributed by atoms with Gasteiger partial charge in [-0.25, -0.2) is 0 Å². The van der Waals surface area contributed by atoms with Crippen molar-refractivity contribution in [2.75, 3.05) is 0 Å². The molecule has 0 amide bonds. The number of aryl methyl sites for hydroxylation is 1. The predicted octanol–water partition coefficient (Wildman–Crippen LogP) is 2.97. The van der Waals surface area contributed by atoms with Gasteiger partial charge >= 0.3 is 0 Å². The van der Waals surface area contributed by atoms with Crippen LogP contribution in [0.25, 0.3) is 0 Å². The highest BCUT2D eigenvalue weighted by molar-refractivity contribution is 9.12. The third-order valence-electron chi connectivity index (χ3n) is 1.72. The van der Waals surface area contributed by atoms with Gasteiger partial charge in [0.25, 0.3) is 0 Å². The monoisotopic (exact) mass is 240 g/mol. The maximum atomic E-state index is 11.5. The molecule has 0 radical (unpaired) electrons. The fraction of sp³-hybridized carbons (Fsp3) is 0.100. The first-order valence-electron chi connectivity index (χ1n) is 3.77. The van der Waals surface area contributed by atoms with Crippen LogP contribution in [0.2, 0.25) is 0 Å². The lowest BCUT2D eigenvalue weighted by Gasteiger charge is -2.01. The molecule has 0 aliphatic rings. The van der Waals surface area contributed by atoms with Crippen LogP contribution in [0.15, 0.2) is 35.0 Å². The van der Waals surface area contributed by atoms with Gasteiger partial charge in [-0.2, -0.15) is 0 Å². The Morgan fingerprint density at radius 2 is 2.08 bits per heavy atom. The number of halogens is 1. The van der Waals surface area contributed by atoms with Gasteiger partial charge in [0.2, 0.25) is 5.78 Å². The standard InChI is InChI=1S/C10H9BrO2/c1-7-4-2-3-5-8(7)10(13)9(11)6-12/h2-6,12H,1H3. The first kappa shape index (κ1) is 9.99. The molecular weight excluding hydrogens is 232 g/mol. The van der Waals surface area contributed by atoms with E-state index in [9.17, 15) is 4.79 Å². The lowest BCUT2D eigenvalue weighted by Crippen LogP contribution is -2.00. The molecule has 1 rings (SSSR count). The minimum atomic E-state index is -0.208. The summed E-state index contributed by atoms with van der Waals surface area (Å²) in [5.74, 6) is -0.208. The molecule has 0 aromatic heterocycles. The first-order chi connectivity index (χ1) is 6.16. The van der Waals surface area contributed by atoms with Crippen molar-refractivity contribution in [2.24, 2.45) is 0 Å². The molecule has 0 spiro atoms. The summed E-state index contributed by atoms with van der Waals surface area (Å²) >= 11 is 2.97. The number of aliphatic hydroxyl groups excluding tert-OH is 1. The first-order valence-corrected chi connectivity index (χ1v) is 4.56. The van der Waals surface area contributed by atoms with Crippen molar-refractivity contribution >= 4 is 21.7 Å². The topological polar surface area (TPSA) is 37.3 Å². The average Bonchev–Trinajstić information content (AvgIpc) is 2.16. The Hall–Kier alpha value is -1.09. The molecular formula is C10H9BrO2. The molecule has 0 bridgehead atoms. The summed E-state index contributed by atoms with van der Waals surface area (Å²) < 4.78 is 0.168. The minimum Gasteiger partial charge on any atom is -0.514 e. The van der Waals surface area contributed by atoms with Crippen LogP contribution in [0.5, 0.6) is 0 Å². The number of hydrogen-bond acceptors (Lipinski definition) is 2. The van der Waals surface area contributed by atoms with Gasteiger partial charge in [0, 0.05) is 5.56 Å². The summed E-state index contributed by atoms with van der Waals surface area (Å²) in [6.45, 7) is 1.85. The van der Waals surface area contributed by atoms with Crippen LogP contribution in [0.3, 0.4) is 0 Å². The summed E-state index contributed by atoms with van der Waals surface area (Å²) in [7, 11) is 0. The largest absolute Gasteiger partial charge is 0.514 e. The highest BCUT2D eigenvalue weighted by Gasteiger charge is 2.11. The summed E-state index contributed by atoms with van der Waals surface area (Å²) in [5.41, 5.74) is 1.49. The number of ketones is 1. The van der Waals surface area contributed by atoms with Crippen molar-refractivity contribution in [1.29, 1.82) is 0 Å². The number of allylic oxidation sites excluding steroid dienone is 1. The second kappa shape index (κ2) is 4.23. The fourth-order valence-electron chi connectivity index (χ4n) is 1.01. The third-order valence-corrected chi connectivity index (χ3v) is 2.28. The van der Waals surface area contributed by atoms with Crippen LogP contribution in [-0.2, 0) is 0 Å². The van der Waals surface area contributed by atoms with Crippen LogP contribution >= 0.6 is 15.9 Å². The zero-order chi connectivity index (χ0) is 9.84. The zero-order valence-electron chi connectivity index (χ0n) is 7.12. The van der Waals surface area contributed by atoms with E-state index >= 15 is 0 Å². The van der Waals surface area contributed by atoms with E-state index in [1.54, 1.807) is 12.1 Å². The van der Waals surface area contributed by atoms with Crippen molar-refractivity contribution in [3.63, 3.8) is 0 Å². The normalized spacial score (nSPS) is 11.4. The molecule has 68 valence electrons. The van der Waals surface area contributed by atoms with Crippen LogP contribution in [-0.4, -0.2) is 10.9 Å². The quantitative estimate of drug-likeness (QED) is 0.491. The smallest absolute Gasteiger partial charge is 0.203 e. The molecule has 0 saturated carbocycles. The Kier molecular flexibility index (Phi) is 3.25. The van der Waals surface area contributed by atoms with Gasteiger partial charge in [-0.1, -0.05) is 24.3 Å². The van der Waals surface area contributed by atoms with Gasteiger partial charge in [0.15, 0.2) is 0 Å². The predicted molar refractivity (Wildman–Crippen MR) is 55.1 cm³/mol. The second-order valence-electron chi connectivity index (χ2n) is 2.62. The van der Waals surface area contributed by atoms with Gasteiger partial charge in [0.1, 0.15) is 0 Å². The molecule has 13 heavy (non-hydrogen) atoms. The summed E-state index contributed by atoms with van der Waals surface area (Å²) in [6.07, 6.45) is 0.759. The zero-order valence-corrected chi connectivity index (χ0v) is 8.71. The van der Waals surface area contributed by atoms with E-state index in [2.05, 4.69) is 15.9 Å².